The van der Waals surface area contributed by atoms with Gasteiger partial charge in [0.2, 0.25) is 5.82 Å². The summed E-state index contributed by atoms with van der Waals surface area (Å²) in [6, 6.07) is 7.29. The van der Waals surface area contributed by atoms with Crippen LogP contribution in [0.5, 0.6) is 0 Å². The van der Waals surface area contributed by atoms with E-state index in [0.29, 0.717) is 34.0 Å². The molecule has 0 radical (unpaired) electrons. The van der Waals surface area contributed by atoms with Gasteiger partial charge in [0.15, 0.2) is 0 Å². The van der Waals surface area contributed by atoms with Crippen molar-refractivity contribution in [1.82, 2.24) is 20.1 Å². The molecule has 0 saturated carbocycles. The Morgan fingerprint density at radius 1 is 1.21 bits per heavy atom. The van der Waals surface area contributed by atoms with Crippen molar-refractivity contribution in [2.75, 3.05) is 5.32 Å². The van der Waals surface area contributed by atoms with Crippen molar-refractivity contribution in [3.05, 3.63) is 64.5 Å². The summed E-state index contributed by atoms with van der Waals surface area (Å²) in [7, 11) is 0. The van der Waals surface area contributed by atoms with Gasteiger partial charge in [0, 0.05) is 29.9 Å². The standard InChI is InChI=1S/C20H16ClN5O3/c1-10-17(11(2)29-26-10)13-3-4-16-15(6-13)18(25-19(24-16)20(27)28)23-8-12-5-14(21)9-22-7-12/h3-7,9H,8H2,1-2H3,(H,27,28)(H,23,24,25). The lowest BCUT2D eigenvalue weighted by molar-refractivity contribution is 0.0684. The van der Waals surface area contributed by atoms with Gasteiger partial charge >= 0.3 is 5.97 Å². The Labute approximate surface area is 170 Å². The molecule has 3 heterocycles. The van der Waals surface area contributed by atoms with Gasteiger partial charge in [-0.25, -0.2) is 14.8 Å². The largest absolute Gasteiger partial charge is 0.475 e. The zero-order valence-electron chi connectivity index (χ0n) is 15.6. The van der Waals surface area contributed by atoms with E-state index in [0.717, 1.165) is 22.4 Å². The molecule has 2 N–H and O–H groups in total. The highest BCUT2D eigenvalue weighted by atomic mass is 35.5. The lowest BCUT2D eigenvalue weighted by Crippen LogP contribution is -2.09. The zero-order chi connectivity index (χ0) is 20.5. The zero-order valence-corrected chi connectivity index (χ0v) is 16.4. The van der Waals surface area contributed by atoms with Gasteiger partial charge in [-0.3, -0.25) is 4.98 Å². The van der Waals surface area contributed by atoms with Crippen LogP contribution in [0.2, 0.25) is 5.02 Å². The maximum Gasteiger partial charge on any atom is 0.374 e. The number of anilines is 1. The number of aromatic nitrogens is 4. The number of hydrogen-bond acceptors (Lipinski definition) is 7. The molecule has 0 spiro atoms. The van der Waals surface area contributed by atoms with E-state index in [1.165, 1.54) is 0 Å². The molecule has 0 amide bonds. The van der Waals surface area contributed by atoms with Gasteiger partial charge in [-0.05, 0) is 43.2 Å². The van der Waals surface area contributed by atoms with E-state index in [9.17, 15) is 9.90 Å². The fourth-order valence-corrected chi connectivity index (χ4v) is 3.34. The van der Waals surface area contributed by atoms with Crippen LogP contribution in [-0.4, -0.2) is 31.2 Å². The molecular weight excluding hydrogens is 394 g/mol. The number of nitrogens with one attached hydrogen (secondary N) is 1. The molecule has 0 bridgehead atoms. The summed E-state index contributed by atoms with van der Waals surface area (Å²) in [5, 5.41) is 17.7. The molecule has 0 atom stereocenters. The number of rotatable bonds is 5. The van der Waals surface area contributed by atoms with Crippen molar-refractivity contribution in [3.63, 3.8) is 0 Å². The lowest BCUT2D eigenvalue weighted by Gasteiger charge is -2.11. The van der Waals surface area contributed by atoms with E-state index in [-0.39, 0.29) is 5.82 Å². The number of aryl methyl sites for hydroxylation is 2. The molecule has 0 fully saturated rings. The lowest BCUT2D eigenvalue weighted by atomic mass is 10.0. The van der Waals surface area contributed by atoms with E-state index in [1.807, 2.05) is 26.0 Å². The molecule has 0 aliphatic heterocycles. The molecule has 0 aliphatic rings. The summed E-state index contributed by atoms with van der Waals surface area (Å²) < 4.78 is 5.27. The molecule has 0 unspecified atom stereocenters. The Bertz CT molecular complexity index is 1220. The van der Waals surface area contributed by atoms with Gasteiger partial charge in [0.05, 0.1) is 16.2 Å². The number of nitrogens with zero attached hydrogens (tertiary/aromatic N) is 4. The van der Waals surface area contributed by atoms with Crippen LogP contribution < -0.4 is 5.32 Å². The van der Waals surface area contributed by atoms with E-state index in [2.05, 4.69) is 25.4 Å². The Hall–Kier alpha value is -3.52. The third-order valence-electron chi connectivity index (χ3n) is 4.43. The van der Waals surface area contributed by atoms with Gasteiger partial charge < -0.3 is 14.9 Å². The Morgan fingerprint density at radius 3 is 2.72 bits per heavy atom. The molecule has 0 aliphatic carbocycles. The average Bonchev–Trinajstić information content (AvgIpc) is 3.03. The SMILES string of the molecule is Cc1noc(C)c1-c1ccc2nc(C(=O)O)nc(NCc3cncc(Cl)c3)c2c1. The van der Waals surface area contributed by atoms with Crippen LogP contribution in [0.15, 0.2) is 41.2 Å². The second-order valence-corrected chi connectivity index (χ2v) is 6.93. The number of benzene rings is 1. The number of carboxylic acid groups (broad SMARTS) is 1. The summed E-state index contributed by atoms with van der Waals surface area (Å²) in [6.45, 7) is 4.08. The number of fused-ring (bicyclic) bond motifs is 1. The molecule has 29 heavy (non-hydrogen) atoms. The van der Waals surface area contributed by atoms with Crippen LogP contribution in [0, 0.1) is 13.8 Å². The predicted molar refractivity (Wildman–Crippen MR) is 108 cm³/mol. The number of halogens is 1. The van der Waals surface area contributed by atoms with Crippen molar-refractivity contribution in [1.29, 1.82) is 0 Å². The molecule has 1 aromatic carbocycles. The van der Waals surface area contributed by atoms with Gasteiger partial charge in [-0.15, -0.1) is 0 Å². The molecule has 0 saturated heterocycles. The summed E-state index contributed by atoms with van der Waals surface area (Å²) in [6.07, 6.45) is 3.22. The van der Waals surface area contributed by atoms with Gasteiger partial charge in [0.25, 0.3) is 0 Å². The summed E-state index contributed by atoms with van der Waals surface area (Å²) in [4.78, 5) is 23.9. The van der Waals surface area contributed by atoms with E-state index < -0.39 is 5.97 Å². The summed E-state index contributed by atoms with van der Waals surface area (Å²) >= 11 is 5.99. The molecule has 4 rings (SSSR count). The monoisotopic (exact) mass is 409 g/mol. The molecule has 146 valence electrons. The van der Waals surface area contributed by atoms with Crippen LogP contribution >= 0.6 is 11.6 Å². The minimum Gasteiger partial charge on any atom is -0.475 e. The normalized spacial score (nSPS) is 11.0. The van der Waals surface area contributed by atoms with Gasteiger partial charge in [0.1, 0.15) is 11.6 Å². The van der Waals surface area contributed by atoms with Crippen molar-refractivity contribution in [2.45, 2.75) is 20.4 Å². The molecular formula is C20H16ClN5O3. The number of carbonyl (C=O) groups is 1. The predicted octanol–water partition coefficient (Wildman–Crippen LogP) is 4.26. The quantitative estimate of drug-likeness (QED) is 0.502. The van der Waals surface area contributed by atoms with Crippen molar-refractivity contribution in [2.24, 2.45) is 0 Å². The third-order valence-corrected chi connectivity index (χ3v) is 4.64. The first kappa shape index (κ1) is 18.8. The molecule has 9 heteroatoms. The van der Waals surface area contributed by atoms with Crippen LogP contribution in [0.3, 0.4) is 0 Å². The van der Waals surface area contributed by atoms with E-state index in [1.54, 1.807) is 24.5 Å². The first-order valence-corrected chi connectivity index (χ1v) is 9.12. The fourth-order valence-electron chi connectivity index (χ4n) is 3.15. The number of aromatic carboxylic acids is 1. The second-order valence-electron chi connectivity index (χ2n) is 6.50. The van der Waals surface area contributed by atoms with Crippen molar-refractivity contribution >= 4 is 34.3 Å². The second kappa shape index (κ2) is 7.48. The fraction of sp³-hybridized carbons (Fsp3) is 0.150. The highest BCUT2D eigenvalue weighted by Crippen LogP contribution is 2.31. The molecule has 3 aromatic heterocycles. The van der Waals surface area contributed by atoms with Gasteiger partial charge in [-0.2, -0.15) is 0 Å². The number of hydrogen-bond donors (Lipinski definition) is 2. The first-order chi connectivity index (χ1) is 13.9. The van der Waals surface area contributed by atoms with Gasteiger partial charge in [-0.1, -0.05) is 22.8 Å². The molecule has 4 aromatic rings. The maximum atomic E-state index is 11.5. The molecule has 8 nitrogen and oxygen atoms in total. The summed E-state index contributed by atoms with van der Waals surface area (Å²) in [5.41, 5.74) is 3.89. The van der Waals surface area contributed by atoms with Crippen LogP contribution in [0.25, 0.3) is 22.0 Å². The van der Waals surface area contributed by atoms with E-state index in [4.69, 9.17) is 16.1 Å². The van der Waals surface area contributed by atoms with Crippen LogP contribution in [-0.2, 0) is 6.54 Å². The van der Waals surface area contributed by atoms with Crippen molar-refractivity contribution in [3.8, 4) is 11.1 Å². The first-order valence-electron chi connectivity index (χ1n) is 8.74. The topological polar surface area (TPSA) is 114 Å². The van der Waals surface area contributed by atoms with Crippen LogP contribution in [0.4, 0.5) is 5.82 Å². The minimum absolute atomic E-state index is 0.283. The smallest absolute Gasteiger partial charge is 0.374 e. The Balaban J connectivity index is 1.81. The Morgan fingerprint density at radius 2 is 2.03 bits per heavy atom. The average molecular weight is 410 g/mol. The highest BCUT2D eigenvalue weighted by Gasteiger charge is 2.16. The van der Waals surface area contributed by atoms with Crippen LogP contribution in [0.1, 0.15) is 27.6 Å². The number of pyridine rings is 1. The highest BCUT2D eigenvalue weighted by molar-refractivity contribution is 6.30. The number of carboxylic acids is 1. The van der Waals surface area contributed by atoms with Crippen molar-refractivity contribution < 1.29 is 14.4 Å². The third kappa shape index (κ3) is 3.74. The minimum atomic E-state index is -1.20. The van der Waals surface area contributed by atoms with E-state index >= 15 is 0 Å². The summed E-state index contributed by atoms with van der Waals surface area (Å²) in [5.74, 6) is -0.381. The Kier molecular flexibility index (Phi) is 4.85. The maximum absolute atomic E-state index is 11.5.